The largest absolute Gasteiger partial charge is 0.476 e. The van der Waals surface area contributed by atoms with Crippen LogP contribution in [0.4, 0.5) is 0 Å². The summed E-state index contributed by atoms with van der Waals surface area (Å²) in [6.45, 7) is 4.38. The lowest BCUT2D eigenvalue weighted by atomic mass is 9.74. The van der Waals surface area contributed by atoms with Crippen molar-refractivity contribution in [3.63, 3.8) is 0 Å². The molecule has 1 aromatic carbocycles. The first kappa shape index (κ1) is 11.4. The van der Waals surface area contributed by atoms with E-state index in [0.717, 1.165) is 22.6 Å². The highest BCUT2D eigenvalue weighted by Crippen LogP contribution is 2.44. The number of hydrogen-bond acceptors (Lipinski definition) is 3. The van der Waals surface area contributed by atoms with Crippen LogP contribution >= 0.6 is 11.3 Å². The number of aromatic carboxylic acids is 1. The molecular formula is C14H13NO2S. The minimum atomic E-state index is -0.940. The smallest absolute Gasteiger partial charge is 0.365 e. The molecule has 0 atom stereocenters. The van der Waals surface area contributed by atoms with Crippen molar-refractivity contribution in [2.75, 3.05) is 0 Å². The number of carboxylic acid groups (broad SMARTS) is 1. The van der Waals surface area contributed by atoms with Crippen molar-refractivity contribution in [3.05, 3.63) is 39.7 Å². The van der Waals surface area contributed by atoms with E-state index >= 15 is 0 Å². The SMILES string of the molecule is CC1(C)Cc2sc(C(=O)O)nc2-c2ccccc21. The van der Waals surface area contributed by atoms with Gasteiger partial charge < -0.3 is 5.11 Å². The second-order valence-corrected chi connectivity index (χ2v) is 6.29. The summed E-state index contributed by atoms with van der Waals surface area (Å²) >= 11 is 1.30. The van der Waals surface area contributed by atoms with Crippen molar-refractivity contribution in [3.8, 4) is 11.3 Å². The van der Waals surface area contributed by atoms with E-state index in [4.69, 9.17) is 5.11 Å². The van der Waals surface area contributed by atoms with E-state index in [1.807, 2.05) is 18.2 Å². The first-order chi connectivity index (χ1) is 8.49. The number of benzene rings is 1. The summed E-state index contributed by atoms with van der Waals surface area (Å²) < 4.78 is 0. The summed E-state index contributed by atoms with van der Waals surface area (Å²) in [7, 11) is 0. The van der Waals surface area contributed by atoms with E-state index in [9.17, 15) is 4.79 Å². The van der Waals surface area contributed by atoms with E-state index in [2.05, 4.69) is 24.9 Å². The molecule has 0 unspecified atom stereocenters. The van der Waals surface area contributed by atoms with Crippen LogP contribution in [0.15, 0.2) is 24.3 Å². The fourth-order valence-corrected chi connectivity index (χ4v) is 3.69. The van der Waals surface area contributed by atoms with Gasteiger partial charge in [0.25, 0.3) is 0 Å². The summed E-state index contributed by atoms with van der Waals surface area (Å²) in [6, 6.07) is 8.14. The van der Waals surface area contributed by atoms with Gasteiger partial charge >= 0.3 is 5.97 Å². The molecule has 0 bridgehead atoms. The zero-order valence-corrected chi connectivity index (χ0v) is 11.0. The Morgan fingerprint density at radius 1 is 1.39 bits per heavy atom. The van der Waals surface area contributed by atoms with Crippen molar-refractivity contribution in [2.24, 2.45) is 0 Å². The maximum Gasteiger partial charge on any atom is 0.365 e. The highest BCUT2D eigenvalue weighted by molar-refractivity contribution is 7.14. The number of rotatable bonds is 1. The Bertz CT molecular complexity index is 643. The molecule has 0 saturated heterocycles. The number of fused-ring (bicyclic) bond motifs is 3. The first-order valence-electron chi connectivity index (χ1n) is 5.82. The van der Waals surface area contributed by atoms with Crippen molar-refractivity contribution in [1.29, 1.82) is 0 Å². The molecule has 0 fully saturated rings. The lowest BCUT2D eigenvalue weighted by molar-refractivity contribution is 0.0696. The first-order valence-corrected chi connectivity index (χ1v) is 6.63. The molecular weight excluding hydrogens is 246 g/mol. The van der Waals surface area contributed by atoms with Gasteiger partial charge in [0.15, 0.2) is 0 Å². The maximum atomic E-state index is 11.0. The quantitative estimate of drug-likeness (QED) is 0.854. The van der Waals surface area contributed by atoms with Crippen molar-refractivity contribution >= 4 is 17.3 Å². The molecule has 0 amide bonds. The lowest BCUT2D eigenvalue weighted by Crippen LogP contribution is -2.24. The monoisotopic (exact) mass is 259 g/mol. The second-order valence-electron chi connectivity index (χ2n) is 5.20. The highest BCUT2D eigenvalue weighted by Gasteiger charge is 2.33. The third kappa shape index (κ3) is 1.56. The van der Waals surface area contributed by atoms with Crippen LogP contribution < -0.4 is 0 Å². The molecule has 4 heteroatoms. The van der Waals surface area contributed by atoms with Gasteiger partial charge in [0.2, 0.25) is 5.01 Å². The summed E-state index contributed by atoms with van der Waals surface area (Å²) in [5.41, 5.74) is 3.21. The molecule has 0 aliphatic heterocycles. The van der Waals surface area contributed by atoms with Crippen LogP contribution in [0.25, 0.3) is 11.3 Å². The van der Waals surface area contributed by atoms with Gasteiger partial charge in [-0.15, -0.1) is 11.3 Å². The normalized spacial score (nSPS) is 15.9. The fraction of sp³-hybridized carbons (Fsp3) is 0.286. The van der Waals surface area contributed by atoms with E-state index < -0.39 is 5.97 Å². The molecule has 2 aromatic rings. The zero-order valence-electron chi connectivity index (χ0n) is 10.2. The van der Waals surface area contributed by atoms with Gasteiger partial charge in [-0.2, -0.15) is 0 Å². The summed E-state index contributed by atoms with van der Waals surface area (Å²) in [6.07, 6.45) is 0.851. The molecule has 1 aliphatic carbocycles. The third-order valence-corrected chi connectivity index (χ3v) is 4.44. The molecule has 1 aliphatic rings. The van der Waals surface area contributed by atoms with Crippen LogP contribution in [0, 0.1) is 0 Å². The van der Waals surface area contributed by atoms with Crippen molar-refractivity contribution in [1.82, 2.24) is 4.98 Å². The molecule has 0 radical (unpaired) electrons. The Labute approximate surface area is 109 Å². The van der Waals surface area contributed by atoms with Gasteiger partial charge in [0.1, 0.15) is 0 Å². The maximum absolute atomic E-state index is 11.0. The molecule has 0 saturated carbocycles. The van der Waals surface area contributed by atoms with Gasteiger partial charge in [-0.1, -0.05) is 38.1 Å². The Kier molecular flexibility index (Phi) is 2.32. The average Bonchev–Trinajstić information content (AvgIpc) is 2.72. The summed E-state index contributed by atoms with van der Waals surface area (Å²) in [5.74, 6) is -0.940. The molecule has 0 spiro atoms. The van der Waals surface area contributed by atoms with Gasteiger partial charge in [-0.25, -0.2) is 9.78 Å². The highest BCUT2D eigenvalue weighted by atomic mass is 32.1. The molecule has 18 heavy (non-hydrogen) atoms. The van der Waals surface area contributed by atoms with E-state index in [1.54, 1.807) is 0 Å². The number of carbonyl (C=O) groups is 1. The van der Waals surface area contributed by atoms with Gasteiger partial charge in [-0.05, 0) is 17.4 Å². The topological polar surface area (TPSA) is 50.2 Å². The van der Waals surface area contributed by atoms with E-state index in [-0.39, 0.29) is 10.4 Å². The van der Waals surface area contributed by atoms with Crippen LogP contribution in [0.5, 0.6) is 0 Å². The second kappa shape index (κ2) is 3.65. The minimum absolute atomic E-state index is 0.0336. The van der Waals surface area contributed by atoms with E-state index in [1.165, 1.54) is 16.9 Å². The molecule has 1 aromatic heterocycles. The van der Waals surface area contributed by atoms with Crippen LogP contribution in [0.3, 0.4) is 0 Å². The number of carboxylic acids is 1. The van der Waals surface area contributed by atoms with Crippen LogP contribution in [0.2, 0.25) is 0 Å². The number of nitrogens with zero attached hydrogens (tertiary/aromatic N) is 1. The van der Waals surface area contributed by atoms with Crippen LogP contribution in [-0.4, -0.2) is 16.1 Å². The minimum Gasteiger partial charge on any atom is -0.476 e. The molecule has 1 N–H and O–H groups in total. The van der Waals surface area contributed by atoms with E-state index in [0.29, 0.717) is 0 Å². The van der Waals surface area contributed by atoms with Crippen LogP contribution in [-0.2, 0) is 11.8 Å². The predicted molar refractivity (Wildman–Crippen MR) is 71.2 cm³/mol. The molecule has 92 valence electrons. The number of aromatic nitrogens is 1. The zero-order chi connectivity index (χ0) is 12.9. The molecule has 3 rings (SSSR count). The van der Waals surface area contributed by atoms with Gasteiger partial charge in [-0.3, -0.25) is 0 Å². The fourth-order valence-electron chi connectivity index (χ4n) is 2.55. The standard InChI is InChI=1S/C14H13NO2S/c1-14(2)7-10-11(15-12(18-10)13(16)17)8-5-3-4-6-9(8)14/h3-6H,7H2,1-2H3,(H,16,17). The number of thiazole rings is 1. The Balaban J connectivity index is 2.26. The van der Waals surface area contributed by atoms with Crippen molar-refractivity contribution < 1.29 is 9.90 Å². The third-order valence-electron chi connectivity index (χ3n) is 3.39. The summed E-state index contributed by atoms with van der Waals surface area (Å²) in [4.78, 5) is 16.4. The van der Waals surface area contributed by atoms with Gasteiger partial charge in [0.05, 0.1) is 5.69 Å². The number of hydrogen-bond donors (Lipinski definition) is 1. The summed E-state index contributed by atoms with van der Waals surface area (Å²) in [5, 5.41) is 9.25. The molecule has 1 heterocycles. The van der Waals surface area contributed by atoms with Gasteiger partial charge in [0, 0.05) is 10.4 Å². The van der Waals surface area contributed by atoms with Crippen molar-refractivity contribution in [2.45, 2.75) is 25.7 Å². The Hall–Kier alpha value is -1.68. The Morgan fingerprint density at radius 3 is 2.83 bits per heavy atom. The Morgan fingerprint density at radius 2 is 2.11 bits per heavy atom. The average molecular weight is 259 g/mol. The van der Waals surface area contributed by atoms with Crippen LogP contribution in [0.1, 0.15) is 34.1 Å². The lowest BCUT2D eigenvalue weighted by Gasteiger charge is -2.31. The predicted octanol–water partition coefficient (Wildman–Crippen LogP) is 3.34. The molecule has 3 nitrogen and oxygen atoms in total.